The van der Waals surface area contributed by atoms with Crippen molar-refractivity contribution in [2.75, 3.05) is 39.4 Å². The number of rotatable bonds is 11. The van der Waals surface area contributed by atoms with E-state index in [4.69, 9.17) is 10.5 Å². The summed E-state index contributed by atoms with van der Waals surface area (Å²) < 4.78 is 5.49. The predicted molar refractivity (Wildman–Crippen MR) is 143 cm³/mol. The third-order valence-electron chi connectivity index (χ3n) is 8.68. The molecule has 2 saturated heterocycles. The Balaban J connectivity index is 1.26. The molecule has 3 amide bonds. The molecule has 4 N–H and O–H groups in total. The molecule has 0 aromatic heterocycles. The fourth-order valence-electron chi connectivity index (χ4n) is 6.19. The molecule has 8 heteroatoms. The molecular formula is C29H44N4O4. The summed E-state index contributed by atoms with van der Waals surface area (Å²) in [5, 5.41) is 5.96. The molecule has 37 heavy (non-hydrogen) atoms. The van der Waals surface area contributed by atoms with Crippen LogP contribution in [0.3, 0.4) is 0 Å². The highest BCUT2D eigenvalue weighted by molar-refractivity contribution is 6.05. The number of carbonyl (C=O) groups is 3. The van der Waals surface area contributed by atoms with E-state index < -0.39 is 23.3 Å². The summed E-state index contributed by atoms with van der Waals surface area (Å²) in [6.45, 7) is 5.81. The fraction of sp³-hybridized carbons (Fsp3) is 0.690. The average Bonchev–Trinajstić information content (AvgIpc) is 3.42. The van der Waals surface area contributed by atoms with Gasteiger partial charge in [0.05, 0.1) is 0 Å². The van der Waals surface area contributed by atoms with Crippen molar-refractivity contribution in [3.63, 3.8) is 0 Å². The fourth-order valence-corrected chi connectivity index (χ4v) is 6.19. The molecule has 0 unspecified atom stereocenters. The van der Waals surface area contributed by atoms with E-state index in [-0.39, 0.29) is 5.91 Å². The maximum absolute atomic E-state index is 13.2. The first kappa shape index (κ1) is 27.6. The molecule has 8 nitrogen and oxygen atoms in total. The zero-order valence-corrected chi connectivity index (χ0v) is 22.1. The summed E-state index contributed by atoms with van der Waals surface area (Å²) in [5.41, 5.74) is 5.41. The molecular weight excluding hydrogens is 468 g/mol. The molecule has 1 atom stereocenters. The third kappa shape index (κ3) is 7.54. The lowest BCUT2D eigenvalue weighted by molar-refractivity contribution is -0.143. The Hall–Kier alpha value is -2.45. The molecule has 0 bridgehead atoms. The molecule has 4 rings (SSSR count). The smallest absolute Gasteiger partial charge is 0.242 e. The van der Waals surface area contributed by atoms with Crippen molar-refractivity contribution in [3.8, 4) is 0 Å². The predicted octanol–water partition coefficient (Wildman–Crippen LogP) is 2.40. The first-order valence-electron chi connectivity index (χ1n) is 14.2. The number of carbonyl (C=O) groups excluding carboxylic acids is 3. The molecule has 1 aliphatic carbocycles. The summed E-state index contributed by atoms with van der Waals surface area (Å²) in [6, 6.07) is 8.91. The molecule has 1 saturated carbocycles. The minimum atomic E-state index is -1.20. The van der Waals surface area contributed by atoms with Crippen molar-refractivity contribution in [2.24, 2.45) is 23.0 Å². The third-order valence-corrected chi connectivity index (χ3v) is 8.68. The Morgan fingerprint density at radius 3 is 2.32 bits per heavy atom. The Morgan fingerprint density at radius 1 is 1.00 bits per heavy atom. The normalized spacial score (nSPS) is 21.8. The molecule has 3 fully saturated rings. The van der Waals surface area contributed by atoms with Crippen LogP contribution in [0.5, 0.6) is 0 Å². The van der Waals surface area contributed by atoms with Crippen LogP contribution in [-0.2, 0) is 25.5 Å². The monoisotopic (exact) mass is 512 g/mol. The van der Waals surface area contributed by atoms with E-state index in [9.17, 15) is 14.4 Å². The van der Waals surface area contributed by atoms with Gasteiger partial charge in [-0.3, -0.25) is 14.4 Å². The SMILES string of the molecule is NC(=O)C1(C(=O)N[C@H](Cc2ccccc2)C(=O)NCCC2CCN(CC3CCOCC3)CC2)CCCC1. The van der Waals surface area contributed by atoms with Gasteiger partial charge in [-0.25, -0.2) is 0 Å². The molecule has 204 valence electrons. The highest BCUT2D eigenvalue weighted by Gasteiger charge is 2.47. The molecule has 1 aromatic carbocycles. The lowest BCUT2D eigenvalue weighted by Crippen LogP contribution is -2.55. The van der Waals surface area contributed by atoms with Crippen LogP contribution in [0.1, 0.15) is 63.4 Å². The van der Waals surface area contributed by atoms with Gasteiger partial charge >= 0.3 is 0 Å². The summed E-state index contributed by atoms with van der Waals surface area (Å²) in [6.07, 6.45) is 8.45. The Kier molecular flexibility index (Phi) is 9.97. The largest absolute Gasteiger partial charge is 0.381 e. The van der Waals surface area contributed by atoms with Gasteiger partial charge in [-0.1, -0.05) is 43.2 Å². The van der Waals surface area contributed by atoms with E-state index in [1.807, 2.05) is 30.3 Å². The molecule has 2 heterocycles. The van der Waals surface area contributed by atoms with E-state index in [0.717, 1.165) is 69.9 Å². The highest BCUT2D eigenvalue weighted by atomic mass is 16.5. The second kappa shape index (κ2) is 13.4. The number of nitrogens with two attached hydrogens (primary N) is 1. The molecule has 0 spiro atoms. The Morgan fingerprint density at radius 2 is 1.68 bits per heavy atom. The minimum absolute atomic E-state index is 0.202. The first-order valence-corrected chi connectivity index (χ1v) is 14.2. The van der Waals surface area contributed by atoms with Crippen LogP contribution >= 0.6 is 0 Å². The summed E-state index contributed by atoms with van der Waals surface area (Å²) in [4.78, 5) is 41.2. The molecule has 2 aliphatic heterocycles. The van der Waals surface area contributed by atoms with Gasteiger partial charge in [0.25, 0.3) is 0 Å². The number of piperidine rings is 1. The number of likely N-dealkylation sites (tertiary alicyclic amines) is 1. The Labute approximate surface area is 221 Å². The van der Waals surface area contributed by atoms with E-state index in [0.29, 0.717) is 31.7 Å². The number of amides is 3. The van der Waals surface area contributed by atoms with Crippen molar-refractivity contribution in [2.45, 2.75) is 70.3 Å². The van der Waals surface area contributed by atoms with Crippen molar-refractivity contribution < 1.29 is 19.1 Å². The molecule has 0 radical (unpaired) electrons. The summed E-state index contributed by atoms with van der Waals surface area (Å²) in [5.74, 6) is 0.158. The lowest BCUT2D eigenvalue weighted by atomic mass is 9.84. The second-order valence-electron chi connectivity index (χ2n) is 11.2. The van der Waals surface area contributed by atoms with Crippen LogP contribution < -0.4 is 16.4 Å². The zero-order chi connectivity index (χ0) is 26.1. The lowest BCUT2D eigenvalue weighted by Gasteiger charge is -2.35. The van der Waals surface area contributed by atoms with Crippen LogP contribution in [0, 0.1) is 17.3 Å². The van der Waals surface area contributed by atoms with Gasteiger partial charge in [-0.15, -0.1) is 0 Å². The molecule has 1 aromatic rings. The van der Waals surface area contributed by atoms with Crippen LogP contribution in [-0.4, -0.2) is 68.1 Å². The topological polar surface area (TPSA) is 114 Å². The van der Waals surface area contributed by atoms with E-state index in [2.05, 4.69) is 15.5 Å². The number of nitrogens with zero attached hydrogens (tertiary/aromatic N) is 1. The van der Waals surface area contributed by atoms with E-state index >= 15 is 0 Å². The maximum atomic E-state index is 13.2. The summed E-state index contributed by atoms with van der Waals surface area (Å²) >= 11 is 0. The van der Waals surface area contributed by atoms with E-state index in [1.165, 1.54) is 19.4 Å². The van der Waals surface area contributed by atoms with Crippen molar-refractivity contribution in [1.29, 1.82) is 0 Å². The van der Waals surface area contributed by atoms with Gasteiger partial charge in [0.2, 0.25) is 17.7 Å². The number of benzene rings is 1. The van der Waals surface area contributed by atoms with Gasteiger partial charge in [0.1, 0.15) is 11.5 Å². The van der Waals surface area contributed by atoms with Gasteiger partial charge in [0.15, 0.2) is 0 Å². The number of hydrogen-bond acceptors (Lipinski definition) is 5. The van der Waals surface area contributed by atoms with Crippen LogP contribution in [0.2, 0.25) is 0 Å². The number of ether oxygens (including phenoxy) is 1. The van der Waals surface area contributed by atoms with Gasteiger partial charge < -0.3 is 26.0 Å². The van der Waals surface area contributed by atoms with Crippen molar-refractivity contribution >= 4 is 17.7 Å². The summed E-state index contributed by atoms with van der Waals surface area (Å²) in [7, 11) is 0. The van der Waals surface area contributed by atoms with Crippen molar-refractivity contribution in [1.82, 2.24) is 15.5 Å². The second-order valence-corrected chi connectivity index (χ2v) is 11.2. The Bertz CT molecular complexity index is 888. The van der Waals surface area contributed by atoms with Crippen LogP contribution in [0.4, 0.5) is 0 Å². The van der Waals surface area contributed by atoms with Gasteiger partial charge in [0, 0.05) is 32.7 Å². The first-order chi connectivity index (χ1) is 18.0. The van der Waals surface area contributed by atoms with Crippen LogP contribution in [0.25, 0.3) is 0 Å². The standard InChI is InChI=1S/C29H44N4O4/c30-27(35)29(13-4-5-14-29)28(36)32-25(20-23-6-2-1-3-7-23)26(34)31-15-8-22-9-16-33(17-10-22)21-24-11-18-37-19-12-24/h1-3,6-7,22,24-25H,4-5,8-21H2,(H2,30,35)(H,31,34)(H,32,36)/t25-/m1/s1. The zero-order valence-electron chi connectivity index (χ0n) is 22.1. The van der Waals surface area contributed by atoms with E-state index in [1.54, 1.807) is 0 Å². The van der Waals surface area contributed by atoms with Gasteiger partial charge in [-0.2, -0.15) is 0 Å². The number of nitrogens with one attached hydrogen (secondary N) is 2. The number of primary amides is 1. The van der Waals surface area contributed by atoms with Gasteiger partial charge in [-0.05, 0) is 75.4 Å². The van der Waals surface area contributed by atoms with Crippen LogP contribution in [0.15, 0.2) is 30.3 Å². The highest BCUT2D eigenvalue weighted by Crippen LogP contribution is 2.38. The van der Waals surface area contributed by atoms with Crippen molar-refractivity contribution in [3.05, 3.63) is 35.9 Å². The molecule has 3 aliphatic rings. The number of hydrogen-bond donors (Lipinski definition) is 3. The maximum Gasteiger partial charge on any atom is 0.242 e. The quantitative estimate of drug-likeness (QED) is 0.394. The average molecular weight is 513 g/mol. The minimum Gasteiger partial charge on any atom is -0.381 e.